The van der Waals surface area contributed by atoms with Gasteiger partial charge in [-0.05, 0) is 19.1 Å². The molecule has 0 spiro atoms. The molecule has 0 bridgehead atoms. The first-order valence-corrected chi connectivity index (χ1v) is 13.5. The Hall–Kier alpha value is -3.05. The first kappa shape index (κ1) is 23.1. The van der Waals surface area contributed by atoms with Crippen LogP contribution in [0.1, 0.15) is 12.7 Å². The van der Waals surface area contributed by atoms with Crippen molar-refractivity contribution in [3.63, 3.8) is 0 Å². The van der Waals surface area contributed by atoms with Gasteiger partial charge in [-0.15, -0.1) is 0 Å². The number of H-pyrrole nitrogens is 1. The monoisotopic (exact) mass is 502 g/mol. The lowest BCUT2D eigenvalue weighted by Gasteiger charge is -2.43. The molecule has 7 rings (SSSR count). The predicted octanol–water partition coefficient (Wildman–Crippen LogP) is 2.35. The predicted molar refractivity (Wildman–Crippen MR) is 143 cm³/mol. The van der Waals surface area contributed by atoms with E-state index in [1.807, 2.05) is 6.20 Å². The number of piperazine rings is 1. The van der Waals surface area contributed by atoms with E-state index in [-0.39, 0.29) is 0 Å². The molecule has 1 unspecified atom stereocenters. The van der Waals surface area contributed by atoms with Gasteiger partial charge < -0.3 is 23.9 Å². The number of imidazole rings is 1. The minimum atomic E-state index is 0.471. The van der Waals surface area contributed by atoms with Crippen molar-refractivity contribution in [2.45, 2.75) is 26.1 Å². The molecule has 3 aliphatic rings. The molecule has 0 aliphatic carbocycles. The number of benzene rings is 1. The second-order valence-corrected chi connectivity index (χ2v) is 10.2. The van der Waals surface area contributed by atoms with Crippen molar-refractivity contribution in [2.24, 2.45) is 0 Å². The number of aryl methyl sites for hydroxylation is 1. The topological polar surface area (TPSA) is 87.6 Å². The van der Waals surface area contributed by atoms with E-state index in [4.69, 9.17) is 24.4 Å². The Morgan fingerprint density at radius 3 is 2.76 bits per heavy atom. The number of morpholine rings is 2. The zero-order valence-electron chi connectivity index (χ0n) is 21.4. The van der Waals surface area contributed by atoms with Crippen LogP contribution in [0.25, 0.3) is 33.5 Å². The van der Waals surface area contributed by atoms with Gasteiger partial charge in [0.05, 0.1) is 33.0 Å². The van der Waals surface area contributed by atoms with Crippen molar-refractivity contribution < 1.29 is 9.47 Å². The highest BCUT2D eigenvalue weighted by Crippen LogP contribution is 2.32. The molecule has 10 heteroatoms. The Labute approximate surface area is 216 Å². The average molecular weight is 503 g/mol. The molecule has 1 aromatic carbocycles. The fraction of sp³-hybridized carbons (Fsp3) is 0.519. The van der Waals surface area contributed by atoms with Gasteiger partial charge in [-0.3, -0.25) is 9.80 Å². The quantitative estimate of drug-likeness (QED) is 0.445. The zero-order chi connectivity index (χ0) is 24.8. The van der Waals surface area contributed by atoms with Crippen molar-refractivity contribution in [1.29, 1.82) is 0 Å². The van der Waals surface area contributed by atoms with Gasteiger partial charge in [0.2, 0.25) is 0 Å². The van der Waals surface area contributed by atoms with Gasteiger partial charge >= 0.3 is 0 Å². The molecular formula is C27H34N8O2. The van der Waals surface area contributed by atoms with Crippen LogP contribution < -0.4 is 4.90 Å². The normalized spacial score (nSPS) is 21.6. The van der Waals surface area contributed by atoms with Crippen molar-refractivity contribution >= 4 is 27.9 Å². The van der Waals surface area contributed by atoms with Crippen LogP contribution in [0.2, 0.25) is 0 Å². The van der Waals surface area contributed by atoms with Crippen LogP contribution in [-0.4, -0.2) is 106 Å². The summed E-state index contributed by atoms with van der Waals surface area (Å²) in [5.41, 5.74) is 3.93. The van der Waals surface area contributed by atoms with Crippen molar-refractivity contribution in [2.75, 3.05) is 70.6 Å². The van der Waals surface area contributed by atoms with Crippen LogP contribution in [0.15, 0.2) is 30.5 Å². The molecule has 6 heterocycles. The van der Waals surface area contributed by atoms with Gasteiger partial charge in [-0.1, -0.05) is 12.1 Å². The summed E-state index contributed by atoms with van der Waals surface area (Å²) in [5.74, 6) is 2.71. The van der Waals surface area contributed by atoms with E-state index in [9.17, 15) is 0 Å². The fourth-order valence-corrected chi connectivity index (χ4v) is 6.04. The molecule has 37 heavy (non-hydrogen) atoms. The lowest BCUT2D eigenvalue weighted by atomic mass is 10.1. The average Bonchev–Trinajstić information content (AvgIpc) is 3.57. The van der Waals surface area contributed by atoms with Crippen LogP contribution in [0.5, 0.6) is 0 Å². The summed E-state index contributed by atoms with van der Waals surface area (Å²) in [4.78, 5) is 26.2. The Kier molecular flexibility index (Phi) is 6.04. The van der Waals surface area contributed by atoms with Crippen molar-refractivity contribution in [3.05, 3.63) is 36.3 Å². The van der Waals surface area contributed by atoms with E-state index in [1.165, 1.54) is 0 Å². The lowest BCUT2D eigenvalue weighted by molar-refractivity contribution is -0.0467. The molecule has 1 N–H and O–H groups in total. The summed E-state index contributed by atoms with van der Waals surface area (Å²) in [6.07, 6.45) is 1.97. The number of aromatic amines is 1. The molecule has 3 aromatic heterocycles. The summed E-state index contributed by atoms with van der Waals surface area (Å²) in [5, 5.41) is 1.13. The summed E-state index contributed by atoms with van der Waals surface area (Å²) in [7, 11) is 0. The number of anilines is 1. The minimum Gasteiger partial charge on any atom is -0.378 e. The fourth-order valence-electron chi connectivity index (χ4n) is 6.04. The molecule has 4 aromatic rings. The second kappa shape index (κ2) is 9.68. The third-order valence-corrected chi connectivity index (χ3v) is 8.00. The van der Waals surface area contributed by atoms with Crippen LogP contribution in [0.4, 0.5) is 5.82 Å². The lowest BCUT2D eigenvalue weighted by Crippen LogP contribution is -2.57. The summed E-state index contributed by atoms with van der Waals surface area (Å²) < 4.78 is 13.7. The SMILES string of the molecule is CCn1c(CN2CCN3CCOCC3C2)nc2c(N3CCOCC3)nc(-c3cccc4[nH]ccc34)nc21. The Bertz CT molecular complexity index is 1410. The van der Waals surface area contributed by atoms with Gasteiger partial charge in [-0.25, -0.2) is 15.0 Å². The van der Waals surface area contributed by atoms with E-state index in [0.29, 0.717) is 19.3 Å². The highest BCUT2D eigenvalue weighted by atomic mass is 16.5. The Morgan fingerprint density at radius 1 is 0.973 bits per heavy atom. The maximum Gasteiger partial charge on any atom is 0.166 e. The Balaban J connectivity index is 1.31. The van der Waals surface area contributed by atoms with Gasteiger partial charge in [-0.2, -0.15) is 0 Å². The maximum absolute atomic E-state index is 5.77. The Morgan fingerprint density at radius 2 is 1.86 bits per heavy atom. The van der Waals surface area contributed by atoms with E-state index >= 15 is 0 Å². The third-order valence-electron chi connectivity index (χ3n) is 8.00. The second-order valence-electron chi connectivity index (χ2n) is 10.2. The molecule has 0 amide bonds. The van der Waals surface area contributed by atoms with Gasteiger partial charge in [0, 0.05) is 74.5 Å². The van der Waals surface area contributed by atoms with Crippen LogP contribution >= 0.6 is 0 Å². The smallest absolute Gasteiger partial charge is 0.166 e. The van der Waals surface area contributed by atoms with Crippen LogP contribution in [0.3, 0.4) is 0 Å². The number of hydrogen-bond acceptors (Lipinski definition) is 8. The number of hydrogen-bond donors (Lipinski definition) is 1. The maximum atomic E-state index is 5.77. The summed E-state index contributed by atoms with van der Waals surface area (Å²) in [6, 6.07) is 8.84. The molecule has 3 fully saturated rings. The van der Waals surface area contributed by atoms with E-state index in [2.05, 4.69) is 55.4 Å². The molecule has 0 radical (unpaired) electrons. The first-order chi connectivity index (χ1) is 18.3. The molecule has 10 nitrogen and oxygen atoms in total. The third kappa shape index (κ3) is 4.17. The molecule has 3 aliphatic heterocycles. The summed E-state index contributed by atoms with van der Waals surface area (Å²) >= 11 is 0. The van der Waals surface area contributed by atoms with Gasteiger partial charge in [0.25, 0.3) is 0 Å². The number of rotatable bonds is 5. The first-order valence-electron chi connectivity index (χ1n) is 13.5. The van der Waals surface area contributed by atoms with Crippen molar-refractivity contribution in [1.82, 2.24) is 34.3 Å². The number of nitrogens with zero attached hydrogens (tertiary/aromatic N) is 7. The molecule has 194 valence electrons. The van der Waals surface area contributed by atoms with Crippen molar-refractivity contribution in [3.8, 4) is 11.4 Å². The molecule has 3 saturated heterocycles. The van der Waals surface area contributed by atoms with Crippen LogP contribution in [0, 0.1) is 0 Å². The number of nitrogens with one attached hydrogen (secondary N) is 1. The van der Waals surface area contributed by atoms with Gasteiger partial charge in [0.15, 0.2) is 22.8 Å². The van der Waals surface area contributed by atoms with E-state index in [0.717, 1.165) is 111 Å². The van der Waals surface area contributed by atoms with Gasteiger partial charge in [0.1, 0.15) is 5.82 Å². The summed E-state index contributed by atoms with van der Waals surface area (Å²) in [6.45, 7) is 12.7. The number of ether oxygens (including phenoxy) is 2. The van der Waals surface area contributed by atoms with E-state index < -0.39 is 0 Å². The highest BCUT2D eigenvalue weighted by Gasteiger charge is 2.31. The number of fused-ring (bicyclic) bond motifs is 3. The molecule has 0 saturated carbocycles. The van der Waals surface area contributed by atoms with E-state index in [1.54, 1.807) is 0 Å². The molecule has 1 atom stereocenters. The minimum absolute atomic E-state index is 0.471. The highest BCUT2D eigenvalue weighted by molar-refractivity contribution is 5.95. The van der Waals surface area contributed by atoms with Crippen LogP contribution in [-0.2, 0) is 22.6 Å². The number of aromatic nitrogens is 5. The zero-order valence-corrected chi connectivity index (χ0v) is 21.4. The molecular weight excluding hydrogens is 468 g/mol. The standard InChI is InChI=1S/C27H34N8O2/c1-2-35-23(17-32-8-9-33-10-15-37-18-19(33)16-32)29-24-26(34-11-13-36-14-12-34)30-25(31-27(24)35)21-4-3-5-22-20(21)6-7-28-22/h3-7,19,28H,2,8-18H2,1H3. The largest absolute Gasteiger partial charge is 0.378 e.